The monoisotopic (exact) mass is 446 g/mol. The SMILES string of the molecule is COc1cccc(C(CNC(=O)Nc2ccc(C(=O)NCC(C)C)c(Cl)c2)N(C)C)c1. The highest BCUT2D eigenvalue weighted by atomic mass is 35.5. The van der Waals surface area contributed by atoms with Crippen LogP contribution in [0.2, 0.25) is 5.02 Å². The Morgan fingerprint density at radius 1 is 1.06 bits per heavy atom. The van der Waals surface area contributed by atoms with E-state index >= 15 is 0 Å². The van der Waals surface area contributed by atoms with Crippen LogP contribution < -0.4 is 20.7 Å². The summed E-state index contributed by atoms with van der Waals surface area (Å²) in [6.45, 7) is 5.00. The molecular weight excluding hydrogens is 416 g/mol. The minimum Gasteiger partial charge on any atom is -0.497 e. The molecule has 7 nitrogen and oxygen atoms in total. The average molecular weight is 447 g/mol. The van der Waals surface area contributed by atoms with Crippen molar-refractivity contribution < 1.29 is 14.3 Å². The topological polar surface area (TPSA) is 82.7 Å². The molecule has 2 aromatic rings. The van der Waals surface area contributed by atoms with E-state index in [1.807, 2.05) is 57.1 Å². The Labute approximate surface area is 189 Å². The number of hydrogen-bond acceptors (Lipinski definition) is 4. The molecule has 31 heavy (non-hydrogen) atoms. The molecule has 1 atom stereocenters. The molecule has 0 bridgehead atoms. The van der Waals surface area contributed by atoms with Gasteiger partial charge in [0, 0.05) is 18.8 Å². The first-order valence-electron chi connectivity index (χ1n) is 10.1. The van der Waals surface area contributed by atoms with E-state index in [1.54, 1.807) is 25.3 Å². The van der Waals surface area contributed by atoms with Crippen LogP contribution in [-0.4, -0.2) is 51.1 Å². The Hall–Kier alpha value is -2.77. The van der Waals surface area contributed by atoms with Crippen molar-refractivity contribution in [3.05, 3.63) is 58.6 Å². The molecule has 0 radical (unpaired) electrons. The number of carbonyl (C=O) groups is 2. The number of carbonyl (C=O) groups excluding carboxylic acids is 2. The van der Waals surface area contributed by atoms with Crippen LogP contribution in [0.15, 0.2) is 42.5 Å². The third kappa shape index (κ3) is 7.45. The summed E-state index contributed by atoms with van der Waals surface area (Å²) in [5.74, 6) is 0.873. The van der Waals surface area contributed by atoms with E-state index in [9.17, 15) is 9.59 Å². The number of amides is 3. The maximum absolute atomic E-state index is 12.4. The number of likely N-dealkylation sites (N-methyl/N-ethyl adjacent to an activating group) is 1. The Morgan fingerprint density at radius 2 is 1.81 bits per heavy atom. The van der Waals surface area contributed by atoms with Gasteiger partial charge in [-0.2, -0.15) is 0 Å². The van der Waals surface area contributed by atoms with E-state index in [0.717, 1.165) is 11.3 Å². The molecule has 0 aliphatic heterocycles. The van der Waals surface area contributed by atoms with E-state index in [0.29, 0.717) is 30.3 Å². The highest BCUT2D eigenvalue weighted by Crippen LogP contribution is 2.23. The van der Waals surface area contributed by atoms with Gasteiger partial charge in [-0.25, -0.2) is 4.79 Å². The third-order valence-electron chi connectivity index (χ3n) is 4.70. The van der Waals surface area contributed by atoms with Crippen LogP contribution in [-0.2, 0) is 0 Å². The normalized spacial score (nSPS) is 11.9. The first kappa shape index (κ1) is 24.5. The van der Waals surface area contributed by atoms with Crippen molar-refractivity contribution >= 4 is 29.2 Å². The first-order valence-corrected chi connectivity index (χ1v) is 10.5. The van der Waals surface area contributed by atoms with E-state index in [4.69, 9.17) is 16.3 Å². The van der Waals surface area contributed by atoms with Crippen LogP contribution in [0.25, 0.3) is 0 Å². The lowest BCUT2D eigenvalue weighted by atomic mass is 10.1. The molecule has 0 aliphatic carbocycles. The van der Waals surface area contributed by atoms with Gasteiger partial charge in [-0.05, 0) is 55.9 Å². The summed E-state index contributed by atoms with van der Waals surface area (Å²) in [5, 5.41) is 8.75. The summed E-state index contributed by atoms with van der Waals surface area (Å²) in [7, 11) is 5.53. The fourth-order valence-corrected chi connectivity index (χ4v) is 3.25. The van der Waals surface area contributed by atoms with Gasteiger partial charge >= 0.3 is 6.03 Å². The number of nitrogens with one attached hydrogen (secondary N) is 3. The maximum Gasteiger partial charge on any atom is 0.319 e. The lowest BCUT2D eigenvalue weighted by Gasteiger charge is -2.25. The van der Waals surface area contributed by atoms with Gasteiger partial charge in [0.15, 0.2) is 0 Å². The predicted molar refractivity (Wildman–Crippen MR) is 125 cm³/mol. The number of nitrogens with zero attached hydrogens (tertiary/aromatic N) is 1. The predicted octanol–water partition coefficient (Wildman–Crippen LogP) is 4.16. The van der Waals surface area contributed by atoms with Gasteiger partial charge in [-0.3, -0.25) is 4.79 Å². The van der Waals surface area contributed by atoms with Gasteiger partial charge in [-0.15, -0.1) is 0 Å². The summed E-state index contributed by atoms with van der Waals surface area (Å²) < 4.78 is 5.29. The van der Waals surface area contributed by atoms with Crippen molar-refractivity contribution in [2.75, 3.05) is 39.6 Å². The number of anilines is 1. The van der Waals surface area contributed by atoms with Crippen molar-refractivity contribution in [1.82, 2.24) is 15.5 Å². The molecule has 1 unspecified atom stereocenters. The number of benzene rings is 2. The van der Waals surface area contributed by atoms with Gasteiger partial charge in [0.2, 0.25) is 0 Å². The minimum atomic E-state index is -0.358. The molecule has 2 aromatic carbocycles. The zero-order chi connectivity index (χ0) is 23.0. The second-order valence-corrected chi connectivity index (χ2v) is 8.30. The van der Waals surface area contributed by atoms with Gasteiger partial charge in [0.25, 0.3) is 5.91 Å². The van der Waals surface area contributed by atoms with Crippen LogP contribution in [0.4, 0.5) is 10.5 Å². The second-order valence-electron chi connectivity index (χ2n) is 7.89. The third-order valence-corrected chi connectivity index (χ3v) is 5.01. The highest BCUT2D eigenvalue weighted by molar-refractivity contribution is 6.34. The van der Waals surface area contributed by atoms with E-state index in [2.05, 4.69) is 16.0 Å². The summed E-state index contributed by atoms with van der Waals surface area (Å²) >= 11 is 6.25. The molecule has 168 valence electrons. The molecule has 3 amide bonds. The van der Waals surface area contributed by atoms with Gasteiger partial charge < -0.3 is 25.6 Å². The van der Waals surface area contributed by atoms with E-state index < -0.39 is 0 Å². The van der Waals surface area contributed by atoms with Crippen molar-refractivity contribution in [3.8, 4) is 5.75 Å². The Morgan fingerprint density at radius 3 is 2.42 bits per heavy atom. The highest BCUT2D eigenvalue weighted by Gasteiger charge is 2.17. The Bertz CT molecular complexity index is 902. The van der Waals surface area contributed by atoms with Gasteiger partial charge in [0.05, 0.1) is 23.7 Å². The zero-order valence-corrected chi connectivity index (χ0v) is 19.4. The molecule has 0 heterocycles. The van der Waals surface area contributed by atoms with E-state index in [-0.39, 0.29) is 23.0 Å². The second kappa shape index (κ2) is 11.6. The lowest BCUT2D eigenvalue weighted by molar-refractivity contribution is 0.0949. The van der Waals surface area contributed by atoms with Crippen LogP contribution in [0.1, 0.15) is 35.8 Å². The molecule has 0 saturated heterocycles. The largest absolute Gasteiger partial charge is 0.497 e. The van der Waals surface area contributed by atoms with Crippen LogP contribution in [0.3, 0.4) is 0 Å². The maximum atomic E-state index is 12.4. The zero-order valence-electron chi connectivity index (χ0n) is 18.7. The van der Waals surface area contributed by atoms with Crippen LogP contribution in [0, 0.1) is 5.92 Å². The molecule has 0 fully saturated rings. The molecule has 3 N–H and O–H groups in total. The Balaban J connectivity index is 1.98. The van der Waals surface area contributed by atoms with Crippen molar-refractivity contribution in [2.45, 2.75) is 19.9 Å². The number of methoxy groups -OCH3 is 1. The van der Waals surface area contributed by atoms with Gasteiger partial charge in [-0.1, -0.05) is 37.6 Å². The number of urea groups is 1. The molecule has 0 aliphatic rings. The first-order chi connectivity index (χ1) is 14.7. The number of hydrogen-bond donors (Lipinski definition) is 3. The number of ether oxygens (including phenoxy) is 1. The molecule has 2 rings (SSSR count). The van der Waals surface area contributed by atoms with Crippen molar-refractivity contribution in [3.63, 3.8) is 0 Å². The number of halogens is 1. The summed E-state index contributed by atoms with van der Waals surface area (Å²) in [4.78, 5) is 26.7. The minimum absolute atomic E-state index is 0.0310. The molecular formula is C23H31ClN4O3. The molecule has 0 spiro atoms. The lowest BCUT2D eigenvalue weighted by Crippen LogP contribution is -2.36. The summed E-state index contributed by atoms with van der Waals surface area (Å²) in [6.07, 6.45) is 0. The fourth-order valence-electron chi connectivity index (χ4n) is 2.98. The van der Waals surface area contributed by atoms with E-state index in [1.165, 1.54) is 0 Å². The van der Waals surface area contributed by atoms with Crippen molar-refractivity contribution in [1.29, 1.82) is 0 Å². The summed E-state index contributed by atoms with van der Waals surface area (Å²) in [6, 6.07) is 12.2. The fraction of sp³-hybridized carbons (Fsp3) is 0.391. The standard InChI is InChI=1S/C23H31ClN4O3/c1-15(2)13-25-22(29)19-10-9-17(12-20(19)24)27-23(30)26-14-21(28(3)4)16-7-6-8-18(11-16)31-5/h6-12,15,21H,13-14H2,1-5H3,(H,25,29)(H2,26,27,30). The number of rotatable bonds is 9. The molecule has 0 saturated carbocycles. The molecule has 8 heteroatoms. The van der Waals surface area contributed by atoms with Crippen molar-refractivity contribution in [2.24, 2.45) is 5.92 Å². The molecule has 0 aromatic heterocycles. The summed E-state index contributed by atoms with van der Waals surface area (Å²) in [5.41, 5.74) is 1.91. The van der Waals surface area contributed by atoms with Crippen LogP contribution in [0.5, 0.6) is 5.75 Å². The Kier molecular flexibility index (Phi) is 9.15. The average Bonchev–Trinajstić information content (AvgIpc) is 2.72. The van der Waals surface area contributed by atoms with Crippen LogP contribution >= 0.6 is 11.6 Å². The van der Waals surface area contributed by atoms with Gasteiger partial charge in [0.1, 0.15) is 5.75 Å². The smallest absolute Gasteiger partial charge is 0.319 e. The quantitative estimate of drug-likeness (QED) is 0.540.